The molecule has 4 rings (SSSR count). The Hall–Kier alpha value is -3.59. The van der Waals surface area contributed by atoms with Crippen molar-refractivity contribution < 1.29 is 17.9 Å². The third kappa shape index (κ3) is 6.23. The van der Waals surface area contributed by atoms with Crippen molar-refractivity contribution in [2.24, 2.45) is 0 Å². The van der Waals surface area contributed by atoms with Crippen LogP contribution in [0.3, 0.4) is 0 Å². The van der Waals surface area contributed by atoms with Crippen molar-refractivity contribution in [2.45, 2.75) is 12.8 Å². The van der Waals surface area contributed by atoms with Gasteiger partial charge in [-0.3, -0.25) is 0 Å². The minimum atomic E-state index is -3.19. The minimum absolute atomic E-state index is 0.0753. The molecule has 0 spiro atoms. The van der Waals surface area contributed by atoms with Crippen LogP contribution in [0.1, 0.15) is 12.8 Å². The summed E-state index contributed by atoms with van der Waals surface area (Å²) in [5.74, 6) is 1.54. The first-order chi connectivity index (χ1) is 16.1. The number of hydrogen-bond donors (Lipinski definition) is 0. The third-order valence-corrected chi connectivity index (χ3v) is 6.83. The van der Waals surface area contributed by atoms with Gasteiger partial charge in [-0.25, -0.2) is 18.4 Å². The van der Waals surface area contributed by atoms with E-state index in [0.717, 1.165) is 11.4 Å². The maximum Gasteiger partial charge on any atom is 0.150 e. The van der Waals surface area contributed by atoms with Crippen LogP contribution < -0.4 is 9.47 Å². The van der Waals surface area contributed by atoms with E-state index in [-0.39, 0.29) is 11.5 Å². The van der Waals surface area contributed by atoms with E-state index in [2.05, 4.69) is 9.97 Å². The molecule has 0 aliphatic heterocycles. The van der Waals surface area contributed by atoms with E-state index in [0.29, 0.717) is 37.6 Å². The average molecular weight is 467 g/mol. The number of aromatic nitrogens is 4. The van der Waals surface area contributed by atoms with E-state index in [9.17, 15) is 8.42 Å². The van der Waals surface area contributed by atoms with Crippen LogP contribution in [0.2, 0.25) is 0 Å². The molecule has 0 saturated carbocycles. The third-order valence-electron chi connectivity index (χ3n) is 5.01. The van der Waals surface area contributed by atoms with Gasteiger partial charge < -0.3 is 18.6 Å². The Morgan fingerprint density at radius 1 is 0.697 bits per heavy atom. The van der Waals surface area contributed by atoms with Gasteiger partial charge >= 0.3 is 0 Å². The zero-order valence-electron chi connectivity index (χ0n) is 18.2. The smallest absolute Gasteiger partial charge is 0.150 e. The predicted molar refractivity (Wildman–Crippen MR) is 126 cm³/mol. The summed E-state index contributed by atoms with van der Waals surface area (Å²) < 4.78 is 40.3. The molecule has 8 nitrogen and oxygen atoms in total. The summed E-state index contributed by atoms with van der Waals surface area (Å²) in [6.07, 6.45) is 11.3. The van der Waals surface area contributed by atoms with Crippen LogP contribution >= 0.6 is 0 Å². The van der Waals surface area contributed by atoms with Crippen molar-refractivity contribution in [1.82, 2.24) is 19.1 Å². The van der Waals surface area contributed by atoms with Crippen LogP contribution in [-0.2, 0) is 9.84 Å². The van der Waals surface area contributed by atoms with Crippen molar-refractivity contribution in [3.05, 3.63) is 86.0 Å². The molecule has 0 aliphatic rings. The van der Waals surface area contributed by atoms with Crippen LogP contribution in [0.15, 0.2) is 86.0 Å². The molecule has 2 aromatic carbocycles. The number of benzene rings is 2. The lowest BCUT2D eigenvalue weighted by Crippen LogP contribution is -2.16. The van der Waals surface area contributed by atoms with E-state index >= 15 is 0 Å². The fourth-order valence-corrected chi connectivity index (χ4v) is 4.73. The molecule has 0 saturated heterocycles. The number of sulfone groups is 1. The van der Waals surface area contributed by atoms with Crippen molar-refractivity contribution in [1.29, 1.82) is 0 Å². The molecular weight excluding hydrogens is 440 g/mol. The molecule has 0 bridgehead atoms. The number of hydrogen-bond acceptors (Lipinski definition) is 6. The standard InChI is InChI=1S/C24H26N4O4S/c29-33(30,17-5-15-31-23-9-3-1-7-21(23)27-13-11-25-19-27)18-6-16-32-24-10-4-2-8-22(24)28-14-12-26-20-28/h1-4,7-14,19-20H,5-6,15-18H2. The molecule has 0 fully saturated rings. The Morgan fingerprint density at radius 2 is 1.15 bits per heavy atom. The number of ether oxygens (including phenoxy) is 2. The molecule has 0 amide bonds. The lowest BCUT2D eigenvalue weighted by atomic mass is 10.3. The first kappa shape index (κ1) is 22.6. The monoisotopic (exact) mass is 466 g/mol. The second-order valence-electron chi connectivity index (χ2n) is 7.43. The lowest BCUT2D eigenvalue weighted by molar-refractivity contribution is 0.314. The zero-order chi connectivity index (χ0) is 22.9. The summed E-state index contributed by atoms with van der Waals surface area (Å²) in [6.45, 7) is 0.638. The van der Waals surface area contributed by atoms with Gasteiger partial charge in [-0.2, -0.15) is 0 Å². The Bertz CT molecular complexity index is 1150. The SMILES string of the molecule is O=S(=O)(CCCOc1ccccc1-n1ccnc1)CCCOc1ccccc1-n1ccnc1. The minimum Gasteiger partial charge on any atom is -0.491 e. The van der Waals surface area contributed by atoms with Gasteiger partial charge in [0, 0.05) is 24.8 Å². The van der Waals surface area contributed by atoms with Crippen LogP contribution in [0.25, 0.3) is 11.4 Å². The highest BCUT2D eigenvalue weighted by atomic mass is 32.2. The molecular formula is C24H26N4O4S. The van der Waals surface area contributed by atoms with Crippen molar-refractivity contribution in [3.8, 4) is 22.9 Å². The Kier molecular flexibility index (Phi) is 7.41. The van der Waals surface area contributed by atoms with E-state index < -0.39 is 9.84 Å². The van der Waals surface area contributed by atoms with Crippen LogP contribution in [0.4, 0.5) is 0 Å². The van der Waals surface area contributed by atoms with Gasteiger partial charge in [0.05, 0.1) is 48.7 Å². The second kappa shape index (κ2) is 10.8. The number of nitrogens with zero attached hydrogens (tertiary/aromatic N) is 4. The average Bonchev–Trinajstić information content (AvgIpc) is 3.55. The second-order valence-corrected chi connectivity index (χ2v) is 9.73. The maximum absolute atomic E-state index is 12.4. The first-order valence-electron chi connectivity index (χ1n) is 10.7. The molecule has 172 valence electrons. The molecule has 0 N–H and O–H groups in total. The van der Waals surface area contributed by atoms with E-state index in [4.69, 9.17) is 9.47 Å². The Balaban J connectivity index is 1.21. The van der Waals surface area contributed by atoms with Gasteiger partial charge in [-0.05, 0) is 37.1 Å². The summed E-state index contributed by atoms with van der Waals surface area (Å²) in [6, 6.07) is 15.2. The highest BCUT2D eigenvalue weighted by Crippen LogP contribution is 2.23. The van der Waals surface area contributed by atoms with E-state index in [1.807, 2.05) is 70.1 Å². The molecule has 0 radical (unpaired) electrons. The van der Waals surface area contributed by atoms with Gasteiger partial charge in [-0.1, -0.05) is 24.3 Å². The Morgan fingerprint density at radius 3 is 1.58 bits per heavy atom. The number of para-hydroxylation sites is 4. The van der Waals surface area contributed by atoms with Crippen LogP contribution in [-0.4, -0.2) is 52.2 Å². The number of rotatable bonds is 12. The van der Waals surface area contributed by atoms with Gasteiger partial charge in [0.15, 0.2) is 9.84 Å². The lowest BCUT2D eigenvalue weighted by Gasteiger charge is -2.13. The summed E-state index contributed by atoms with van der Waals surface area (Å²) >= 11 is 0. The summed E-state index contributed by atoms with van der Waals surface area (Å²) in [5, 5.41) is 0. The molecule has 0 aliphatic carbocycles. The van der Waals surface area contributed by atoms with E-state index in [1.54, 1.807) is 25.0 Å². The van der Waals surface area contributed by atoms with Gasteiger partial charge in [-0.15, -0.1) is 0 Å². The fourth-order valence-electron chi connectivity index (χ4n) is 3.41. The predicted octanol–water partition coefficient (Wildman–Crippen LogP) is 3.71. The van der Waals surface area contributed by atoms with Crippen LogP contribution in [0, 0.1) is 0 Å². The first-order valence-corrected chi connectivity index (χ1v) is 12.6. The van der Waals surface area contributed by atoms with Gasteiger partial charge in [0.2, 0.25) is 0 Å². The highest BCUT2D eigenvalue weighted by molar-refractivity contribution is 7.91. The summed E-state index contributed by atoms with van der Waals surface area (Å²) in [5.41, 5.74) is 1.73. The van der Waals surface area contributed by atoms with Gasteiger partial charge in [0.1, 0.15) is 11.5 Å². The van der Waals surface area contributed by atoms with Crippen LogP contribution in [0.5, 0.6) is 11.5 Å². The molecule has 33 heavy (non-hydrogen) atoms. The fraction of sp³-hybridized carbons (Fsp3) is 0.250. The number of imidazole rings is 2. The largest absolute Gasteiger partial charge is 0.491 e. The molecule has 0 unspecified atom stereocenters. The van der Waals surface area contributed by atoms with Crippen molar-refractivity contribution >= 4 is 9.84 Å². The molecule has 2 heterocycles. The van der Waals surface area contributed by atoms with Gasteiger partial charge in [0.25, 0.3) is 0 Å². The van der Waals surface area contributed by atoms with Crippen molar-refractivity contribution in [2.75, 3.05) is 24.7 Å². The zero-order valence-corrected chi connectivity index (χ0v) is 19.0. The topological polar surface area (TPSA) is 88.2 Å². The highest BCUT2D eigenvalue weighted by Gasteiger charge is 2.12. The molecule has 4 aromatic rings. The maximum atomic E-state index is 12.4. The van der Waals surface area contributed by atoms with E-state index in [1.165, 1.54) is 0 Å². The molecule has 9 heteroatoms. The Labute approximate surface area is 193 Å². The molecule has 2 aromatic heterocycles. The quantitative estimate of drug-likeness (QED) is 0.296. The normalized spacial score (nSPS) is 11.4. The molecule has 0 atom stereocenters. The summed E-state index contributed by atoms with van der Waals surface area (Å²) in [7, 11) is -3.19. The summed E-state index contributed by atoms with van der Waals surface area (Å²) in [4.78, 5) is 8.11. The van der Waals surface area contributed by atoms with Crippen molar-refractivity contribution in [3.63, 3.8) is 0 Å².